The van der Waals surface area contributed by atoms with Crippen LogP contribution in [0.3, 0.4) is 0 Å². The fourth-order valence-electron chi connectivity index (χ4n) is 1.16. The highest BCUT2D eigenvalue weighted by Crippen LogP contribution is 1.86. The van der Waals surface area contributed by atoms with Crippen LogP contribution in [0.25, 0.3) is 0 Å². The predicted octanol–water partition coefficient (Wildman–Crippen LogP) is 0.954. The second-order valence-corrected chi connectivity index (χ2v) is 2.99. The average Bonchev–Trinajstić information content (AvgIpc) is 2.17. The summed E-state index contributed by atoms with van der Waals surface area (Å²) >= 11 is 0. The Morgan fingerprint density at radius 3 is 2.31 bits per heavy atom. The number of rotatable bonds is 9. The maximum atomic E-state index is 5.47. The van der Waals surface area contributed by atoms with E-state index in [0.29, 0.717) is 0 Å². The van der Waals surface area contributed by atoms with Gasteiger partial charge in [-0.1, -0.05) is 20.8 Å². The summed E-state index contributed by atoms with van der Waals surface area (Å²) in [5.41, 5.74) is 0. The fraction of sp³-hybridized carbons (Fsp3) is 1.00. The average molecular weight is 188 g/mol. The molecule has 0 aromatic heterocycles. The van der Waals surface area contributed by atoms with Crippen LogP contribution < -0.4 is 5.32 Å². The maximum absolute atomic E-state index is 5.47. The molecule has 0 aromatic carbocycles. The molecule has 3 heteroatoms. The third-order valence-electron chi connectivity index (χ3n) is 2.12. The number of nitrogens with zero attached hydrogens (tertiary/aromatic N) is 1. The number of likely N-dealkylation sites (N-methyl/N-ethyl adjacent to an activating group) is 2. The second-order valence-electron chi connectivity index (χ2n) is 2.99. The molecule has 0 unspecified atom stereocenters. The van der Waals surface area contributed by atoms with E-state index in [-0.39, 0.29) is 0 Å². The first-order valence-electron chi connectivity index (χ1n) is 5.35. The highest BCUT2D eigenvalue weighted by molar-refractivity contribution is 4.50. The first-order chi connectivity index (χ1) is 6.35. The zero-order valence-electron chi connectivity index (χ0n) is 9.31. The van der Waals surface area contributed by atoms with Gasteiger partial charge in [-0.15, -0.1) is 0 Å². The van der Waals surface area contributed by atoms with Gasteiger partial charge >= 0.3 is 0 Å². The normalized spacial score (nSPS) is 11.1. The van der Waals surface area contributed by atoms with E-state index in [1.54, 1.807) is 0 Å². The highest BCUT2D eigenvalue weighted by Gasteiger charge is 1.97. The van der Waals surface area contributed by atoms with E-state index in [0.717, 1.165) is 45.9 Å². The molecule has 1 N–H and O–H groups in total. The molecular weight excluding hydrogens is 164 g/mol. The molecule has 0 radical (unpaired) electrons. The lowest BCUT2D eigenvalue weighted by atomic mass is 10.5. The summed E-state index contributed by atoms with van der Waals surface area (Å²) in [4.78, 5) is 2.37. The van der Waals surface area contributed by atoms with Crippen LogP contribution in [0.4, 0.5) is 0 Å². The Hall–Kier alpha value is -0.120. The lowest BCUT2D eigenvalue weighted by Crippen LogP contribution is -2.28. The Kier molecular flexibility index (Phi) is 9.87. The van der Waals surface area contributed by atoms with Gasteiger partial charge in [-0.25, -0.2) is 0 Å². The van der Waals surface area contributed by atoms with Gasteiger partial charge in [-0.05, 0) is 19.6 Å². The largest absolute Gasteiger partial charge is 0.379 e. The molecule has 0 amide bonds. The third kappa shape index (κ3) is 8.22. The van der Waals surface area contributed by atoms with Gasteiger partial charge in [0.25, 0.3) is 0 Å². The molecule has 0 spiro atoms. The molecule has 0 aromatic rings. The Labute approximate surface area is 82.4 Å². The Bertz CT molecular complexity index is 94.9. The number of hydrogen-bond acceptors (Lipinski definition) is 3. The Balaban J connectivity index is 3.05. The Morgan fingerprint density at radius 2 is 1.77 bits per heavy atom. The molecule has 0 saturated carbocycles. The van der Waals surface area contributed by atoms with Crippen molar-refractivity contribution in [2.75, 3.05) is 45.9 Å². The lowest BCUT2D eigenvalue weighted by molar-refractivity contribution is 0.109. The van der Waals surface area contributed by atoms with Gasteiger partial charge in [0.2, 0.25) is 0 Å². The molecule has 80 valence electrons. The Morgan fingerprint density at radius 1 is 1.08 bits per heavy atom. The van der Waals surface area contributed by atoms with Crippen LogP contribution in [0.1, 0.15) is 20.8 Å². The van der Waals surface area contributed by atoms with E-state index >= 15 is 0 Å². The zero-order chi connectivity index (χ0) is 9.94. The van der Waals surface area contributed by atoms with Crippen molar-refractivity contribution in [1.29, 1.82) is 0 Å². The van der Waals surface area contributed by atoms with E-state index in [1.807, 2.05) is 0 Å². The van der Waals surface area contributed by atoms with E-state index in [4.69, 9.17) is 4.74 Å². The van der Waals surface area contributed by atoms with E-state index in [1.165, 1.54) is 0 Å². The summed E-state index contributed by atoms with van der Waals surface area (Å²) < 4.78 is 5.47. The monoisotopic (exact) mass is 188 g/mol. The predicted molar refractivity (Wildman–Crippen MR) is 57.2 cm³/mol. The number of hydrogen-bond donors (Lipinski definition) is 1. The quantitative estimate of drug-likeness (QED) is 0.545. The van der Waals surface area contributed by atoms with Crippen molar-refractivity contribution in [1.82, 2.24) is 10.2 Å². The molecule has 0 atom stereocenters. The number of nitrogens with one attached hydrogen (secondary N) is 1. The molecule has 0 heterocycles. The van der Waals surface area contributed by atoms with Crippen LogP contribution in [0, 0.1) is 0 Å². The van der Waals surface area contributed by atoms with Crippen LogP contribution >= 0.6 is 0 Å². The maximum Gasteiger partial charge on any atom is 0.0594 e. The molecule has 0 rings (SSSR count). The van der Waals surface area contributed by atoms with Gasteiger partial charge in [0.05, 0.1) is 13.2 Å². The van der Waals surface area contributed by atoms with Crippen molar-refractivity contribution in [2.24, 2.45) is 0 Å². The van der Waals surface area contributed by atoms with Crippen molar-refractivity contribution in [3.63, 3.8) is 0 Å². The van der Waals surface area contributed by atoms with Crippen LogP contribution in [-0.2, 0) is 4.74 Å². The van der Waals surface area contributed by atoms with Crippen LogP contribution in [0.2, 0.25) is 0 Å². The molecule has 13 heavy (non-hydrogen) atoms. The van der Waals surface area contributed by atoms with E-state index in [9.17, 15) is 0 Å². The molecule has 0 aliphatic carbocycles. The summed E-state index contributed by atoms with van der Waals surface area (Å²) in [5, 5.41) is 3.23. The standard InChI is InChI=1S/C10H24N2O/c1-4-11-7-9-13-10-8-12(5-2)6-3/h11H,4-10H2,1-3H3. The molecule has 0 fully saturated rings. The fourth-order valence-corrected chi connectivity index (χ4v) is 1.16. The molecule has 0 saturated heterocycles. The minimum Gasteiger partial charge on any atom is -0.379 e. The zero-order valence-corrected chi connectivity index (χ0v) is 9.31. The van der Waals surface area contributed by atoms with Gasteiger partial charge in [0.15, 0.2) is 0 Å². The summed E-state index contributed by atoms with van der Waals surface area (Å²) in [6, 6.07) is 0. The SMILES string of the molecule is CCNCCOCCN(CC)CC. The van der Waals surface area contributed by atoms with Gasteiger partial charge in [0, 0.05) is 13.1 Å². The third-order valence-corrected chi connectivity index (χ3v) is 2.12. The molecule has 3 nitrogen and oxygen atoms in total. The van der Waals surface area contributed by atoms with Crippen molar-refractivity contribution in [3.05, 3.63) is 0 Å². The van der Waals surface area contributed by atoms with Crippen LogP contribution in [0.15, 0.2) is 0 Å². The lowest BCUT2D eigenvalue weighted by Gasteiger charge is -2.17. The van der Waals surface area contributed by atoms with Crippen molar-refractivity contribution >= 4 is 0 Å². The van der Waals surface area contributed by atoms with Gasteiger partial charge < -0.3 is 15.0 Å². The summed E-state index contributed by atoms with van der Waals surface area (Å²) in [6.07, 6.45) is 0. The van der Waals surface area contributed by atoms with E-state index in [2.05, 4.69) is 31.0 Å². The summed E-state index contributed by atoms with van der Waals surface area (Å²) in [7, 11) is 0. The second kappa shape index (κ2) is 9.96. The van der Waals surface area contributed by atoms with Gasteiger partial charge in [0.1, 0.15) is 0 Å². The first kappa shape index (κ1) is 12.9. The molecular formula is C10H24N2O. The summed E-state index contributed by atoms with van der Waals surface area (Å²) in [5.74, 6) is 0. The number of ether oxygens (including phenoxy) is 1. The van der Waals surface area contributed by atoms with Gasteiger partial charge in [-0.2, -0.15) is 0 Å². The molecule has 0 aliphatic heterocycles. The molecule has 0 aliphatic rings. The minimum absolute atomic E-state index is 0.828. The van der Waals surface area contributed by atoms with Crippen LogP contribution in [-0.4, -0.2) is 50.8 Å². The van der Waals surface area contributed by atoms with Crippen molar-refractivity contribution in [2.45, 2.75) is 20.8 Å². The smallest absolute Gasteiger partial charge is 0.0594 e. The van der Waals surface area contributed by atoms with Crippen molar-refractivity contribution < 1.29 is 4.74 Å². The summed E-state index contributed by atoms with van der Waals surface area (Å²) in [6.45, 7) is 13.4. The minimum atomic E-state index is 0.828. The highest BCUT2D eigenvalue weighted by atomic mass is 16.5. The van der Waals surface area contributed by atoms with Gasteiger partial charge in [-0.3, -0.25) is 0 Å². The first-order valence-corrected chi connectivity index (χ1v) is 5.35. The van der Waals surface area contributed by atoms with E-state index < -0.39 is 0 Å². The topological polar surface area (TPSA) is 24.5 Å². The van der Waals surface area contributed by atoms with Crippen molar-refractivity contribution in [3.8, 4) is 0 Å². The van der Waals surface area contributed by atoms with Crippen LogP contribution in [0.5, 0.6) is 0 Å². The molecule has 0 bridgehead atoms.